The Balaban J connectivity index is 1.43. The summed E-state index contributed by atoms with van der Waals surface area (Å²) in [6, 6.07) is 11.5. The van der Waals surface area contributed by atoms with E-state index in [1.807, 2.05) is 6.07 Å². The van der Waals surface area contributed by atoms with Crippen molar-refractivity contribution >= 4 is 27.5 Å². The first-order valence-electron chi connectivity index (χ1n) is 8.64. The maximum atomic E-state index is 12.1. The first-order chi connectivity index (χ1) is 12.5. The fourth-order valence-corrected chi connectivity index (χ4v) is 3.12. The summed E-state index contributed by atoms with van der Waals surface area (Å²) < 4.78 is 17.3. The summed E-state index contributed by atoms with van der Waals surface area (Å²) in [5, 5.41) is 2.86. The van der Waals surface area contributed by atoms with Crippen LogP contribution >= 0.6 is 15.9 Å². The summed E-state index contributed by atoms with van der Waals surface area (Å²) in [4.78, 5) is 12.1. The van der Waals surface area contributed by atoms with Crippen LogP contribution in [0.1, 0.15) is 38.2 Å². The van der Waals surface area contributed by atoms with Crippen molar-refractivity contribution in [3.63, 3.8) is 0 Å². The molecule has 2 aromatic carbocycles. The predicted molar refractivity (Wildman–Crippen MR) is 104 cm³/mol. The van der Waals surface area contributed by atoms with Crippen molar-refractivity contribution in [3.05, 3.63) is 46.4 Å². The second kappa shape index (κ2) is 8.45. The third-order valence-electron chi connectivity index (χ3n) is 4.08. The van der Waals surface area contributed by atoms with E-state index < -0.39 is 0 Å². The van der Waals surface area contributed by atoms with E-state index in [9.17, 15) is 4.79 Å². The van der Waals surface area contributed by atoms with Gasteiger partial charge >= 0.3 is 0 Å². The van der Waals surface area contributed by atoms with E-state index in [0.29, 0.717) is 42.6 Å². The van der Waals surface area contributed by atoms with Crippen LogP contribution in [0.4, 0.5) is 5.69 Å². The van der Waals surface area contributed by atoms with Crippen LogP contribution in [0.15, 0.2) is 40.9 Å². The summed E-state index contributed by atoms with van der Waals surface area (Å²) >= 11 is 3.54. The third kappa shape index (κ3) is 4.69. The Bertz CT molecular complexity index is 791. The summed E-state index contributed by atoms with van der Waals surface area (Å²) in [6.45, 7) is 5.01. The topological polar surface area (TPSA) is 56.8 Å². The number of fused-ring (bicyclic) bond motifs is 1. The molecule has 0 saturated heterocycles. The van der Waals surface area contributed by atoms with Crippen LogP contribution in [0.3, 0.4) is 0 Å². The Morgan fingerprint density at radius 1 is 1.19 bits per heavy atom. The molecule has 1 aliphatic rings. The number of carbonyl (C=O) groups is 1. The lowest BCUT2D eigenvalue weighted by atomic mass is 10.0. The second-order valence-electron chi connectivity index (χ2n) is 6.41. The van der Waals surface area contributed by atoms with Crippen molar-refractivity contribution in [2.24, 2.45) is 0 Å². The van der Waals surface area contributed by atoms with Crippen LogP contribution in [0.2, 0.25) is 0 Å². The molecule has 26 heavy (non-hydrogen) atoms. The smallest absolute Gasteiger partial charge is 0.231 e. The van der Waals surface area contributed by atoms with Crippen LogP contribution in [0.5, 0.6) is 17.2 Å². The zero-order valence-corrected chi connectivity index (χ0v) is 16.5. The lowest BCUT2D eigenvalue weighted by molar-refractivity contribution is -0.116. The van der Waals surface area contributed by atoms with Crippen molar-refractivity contribution < 1.29 is 19.0 Å². The number of hydrogen-bond donors (Lipinski definition) is 1. The minimum absolute atomic E-state index is 0.0540. The van der Waals surface area contributed by atoms with Crippen LogP contribution in [-0.4, -0.2) is 19.3 Å². The molecule has 0 spiro atoms. The van der Waals surface area contributed by atoms with Crippen molar-refractivity contribution in [2.75, 3.05) is 18.7 Å². The molecule has 0 radical (unpaired) electrons. The lowest BCUT2D eigenvalue weighted by Crippen LogP contribution is -2.12. The van der Waals surface area contributed by atoms with Gasteiger partial charge in [0.1, 0.15) is 5.75 Å². The van der Waals surface area contributed by atoms with Crippen molar-refractivity contribution in [1.29, 1.82) is 0 Å². The molecule has 0 bridgehead atoms. The normalized spacial score (nSPS) is 12.3. The minimum atomic E-state index is -0.0540. The van der Waals surface area contributed by atoms with Gasteiger partial charge < -0.3 is 19.5 Å². The fourth-order valence-electron chi connectivity index (χ4n) is 2.61. The van der Waals surface area contributed by atoms with Gasteiger partial charge in [-0.2, -0.15) is 0 Å². The fraction of sp³-hybridized carbons (Fsp3) is 0.350. The van der Waals surface area contributed by atoms with Crippen molar-refractivity contribution in [3.8, 4) is 17.2 Å². The Hall–Kier alpha value is -2.21. The van der Waals surface area contributed by atoms with E-state index in [-0.39, 0.29) is 12.7 Å². The molecule has 6 heteroatoms. The second-order valence-corrected chi connectivity index (χ2v) is 7.27. The van der Waals surface area contributed by atoms with Gasteiger partial charge in [0.15, 0.2) is 11.5 Å². The van der Waals surface area contributed by atoms with Crippen LogP contribution in [-0.2, 0) is 4.79 Å². The number of anilines is 1. The highest BCUT2D eigenvalue weighted by atomic mass is 79.9. The van der Waals surface area contributed by atoms with Crippen LogP contribution in [0, 0.1) is 0 Å². The average Bonchev–Trinajstić information content (AvgIpc) is 3.07. The van der Waals surface area contributed by atoms with E-state index in [0.717, 1.165) is 10.2 Å². The van der Waals surface area contributed by atoms with Gasteiger partial charge in [0, 0.05) is 18.2 Å². The lowest BCUT2D eigenvalue weighted by Gasteiger charge is -2.11. The van der Waals surface area contributed by atoms with Gasteiger partial charge in [-0.05, 0) is 58.1 Å². The molecular weight excluding hydrogens is 398 g/mol. The van der Waals surface area contributed by atoms with E-state index in [1.54, 1.807) is 18.2 Å². The molecule has 138 valence electrons. The Morgan fingerprint density at radius 3 is 2.77 bits per heavy atom. The number of benzene rings is 2. The quantitative estimate of drug-likeness (QED) is 0.634. The number of rotatable bonds is 7. The molecule has 5 nitrogen and oxygen atoms in total. The molecule has 1 aliphatic heterocycles. The van der Waals surface area contributed by atoms with Crippen LogP contribution < -0.4 is 19.5 Å². The van der Waals surface area contributed by atoms with Gasteiger partial charge in [0.25, 0.3) is 0 Å². The minimum Gasteiger partial charge on any atom is -0.492 e. The zero-order chi connectivity index (χ0) is 18.5. The SMILES string of the molecule is CC(C)c1ccc(OCCCC(=O)Nc2ccc3c(c2)OCO3)c(Br)c1. The first-order valence-corrected chi connectivity index (χ1v) is 9.44. The van der Waals surface area contributed by atoms with Gasteiger partial charge in [-0.15, -0.1) is 0 Å². The molecule has 2 aromatic rings. The van der Waals surface area contributed by atoms with Crippen molar-refractivity contribution in [2.45, 2.75) is 32.6 Å². The first kappa shape index (κ1) is 18.6. The number of hydrogen-bond acceptors (Lipinski definition) is 4. The van der Waals surface area contributed by atoms with E-state index in [4.69, 9.17) is 14.2 Å². The number of amides is 1. The van der Waals surface area contributed by atoms with Crippen LogP contribution in [0.25, 0.3) is 0 Å². The number of ether oxygens (including phenoxy) is 3. The molecule has 3 rings (SSSR count). The highest BCUT2D eigenvalue weighted by Gasteiger charge is 2.14. The highest BCUT2D eigenvalue weighted by Crippen LogP contribution is 2.34. The maximum Gasteiger partial charge on any atom is 0.231 e. The van der Waals surface area contributed by atoms with Gasteiger partial charge in [-0.3, -0.25) is 4.79 Å². The molecule has 0 fully saturated rings. The summed E-state index contributed by atoms with van der Waals surface area (Å²) in [5.74, 6) is 2.57. The molecule has 0 saturated carbocycles. The third-order valence-corrected chi connectivity index (χ3v) is 4.70. The summed E-state index contributed by atoms with van der Waals surface area (Å²) in [7, 11) is 0. The standard InChI is InChI=1S/C20H22BrNO4/c1-13(2)14-5-7-17(16(21)10-14)24-9-3-4-20(23)22-15-6-8-18-19(11-15)26-12-25-18/h5-8,10-11,13H,3-4,9,12H2,1-2H3,(H,22,23). The van der Waals surface area contributed by atoms with Gasteiger partial charge in [0.05, 0.1) is 11.1 Å². The summed E-state index contributed by atoms with van der Waals surface area (Å²) in [6.07, 6.45) is 1.02. The maximum absolute atomic E-state index is 12.1. The molecule has 0 atom stereocenters. The molecule has 1 heterocycles. The van der Waals surface area contributed by atoms with E-state index >= 15 is 0 Å². The highest BCUT2D eigenvalue weighted by molar-refractivity contribution is 9.10. The van der Waals surface area contributed by atoms with Crippen molar-refractivity contribution in [1.82, 2.24) is 0 Å². The number of nitrogens with one attached hydrogen (secondary N) is 1. The molecule has 0 aliphatic carbocycles. The Morgan fingerprint density at radius 2 is 2.00 bits per heavy atom. The van der Waals surface area contributed by atoms with Gasteiger partial charge in [-0.25, -0.2) is 0 Å². The number of carbonyl (C=O) groups excluding carboxylic acids is 1. The molecule has 0 unspecified atom stereocenters. The molecule has 1 N–H and O–H groups in total. The Kier molecular flexibility index (Phi) is 6.04. The molecule has 1 amide bonds. The average molecular weight is 420 g/mol. The largest absolute Gasteiger partial charge is 0.492 e. The monoisotopic (exact) mass is 419 g/mol. The summed E-state index contributed by atoms with van der Waals surface area (Å²) in [5.41, 5.74) is 1.96. The zero-order valence-electron chi connectivity index (χ0n) is 14.9. The van der Waals surface area contributed by atoms with Gasteiger partial charge in [0.2, 0.25) is 12.7 Å². The molecular formula is C20H22BrNO4. The predicted octanol–water partition coefficient (Wildman–Crippen LogP) is 5.10. The number of halogens is 1. The Labute approximate surface area is 161 Å². The van der Waals surface area contributed by atoms with E-state index in [2.05, 4.69) is 47.2 Å². The van der Waals surface area contributed by atoms with Gasteiger partial charge in [-0.1, -0.05) is 19.9 Å². The van der Waals surface area contributed by atoms with E-state index in [1.165, 1.54) is 5.56 Å². The molecule has 0 aromatic heterocycles.